The van der Waals surface area contributed by atoms with Gasteiger partial charge in [0.15, 0.2) is 0 Å². The normalized spacial score (nSPS) is 26.1. The van der Waals surface area contributed by atoms with Gasteiger partial charge in [0.2, 0.25) is 5.91 Å². The van der Waals surface area contributed by atoms with E-state index >= 15 is 0 Å². The molecule has 3 nitrogen and oxygen atoms in total. The van der Waals surface area contributed by atoms with E-state index in [9.17, 15) is 4.79 Å². The summed E-state index contributed by atoms with van der Waals surface area (Å²) in [7, 11) is 0. The topological polar surface area (TPSA) is 55.1 Å². The zero-order chi connectivity index (χ0) is 10.8. The Balaban J connectivity index is 2.24. The first-order chi connectivity index (χ1) is 7.16. The molecule has 1 heterocycles. The lowest BCUT2D eigenvalue weighted by molar-refractivity contribution is -0.122. The highest BCUT2D eigenvalue weighted by Gasteiger charge is 2.27. The molecule has 1 saturated heterocycles. The molecule has 2 unspecified atom stereocenters. The summed E-state index contributed by atoms with van der Waals surface area (Å²) in [4.78, 5) is 11.3. The second-order valence-corrected chi connectivity index (χ2v) is 4.75. The lowest BCUT2D eigenvalue weighted by atomic mass is 9.86. The number of rotatable bonds is 1. The summed E-state index contributed by atoms with van der Waals surface area (Å²) in [6, 6.07) is 8.00. The maximum atomic E-state index is 11.3. The summed E-state index contributed by atoms with van der Waals surface area (Å²) in [5.41, 5.74) is 7.12. The minimum absolute atomic E-state index is 0.0111. The molecule has 3 N–H and O–H groups in total. The number of carbonyl (C=O) groups excluding carboxylic acids is 1. The van der Waals surface area contributed by atoms with E-state index in [2.05, 4.69) is 21.2 Å². The molecule has 0 radical (unpaired) electrons. The van der Waals surface area contributed by atoms with Gasteiger partial charge in [0.25, 0.3) is 0 Å². The maximum Gasteiger partial charge on any atom is 0.220 e. The Morgan fingerprint density at radius 3 is 3.00 bits per heavy atom. The van der Waals surface area contributed by atoms with E-state index < -0.39 is 0 Å². The monoisotopic (exact) mass is 268 g/mol. The van der Waals surface area contributed by atoms with Gasteiger partial charge in [-0.15, -0.1) is 0 Å². The average Bonchev–Trinajstić information content (AvgIpc) is 2.22. The molecule has 0 spiro atoms. The highest BCUT2D eigenvalue weighted by Crippen LogP contribution is 2.26. The van der Waals surface area contributed by atoms with Gasteiger partial charge in [0.1, 0.15) is 0 Å². The number of nitrogens with one attached hydrogen (secondary N) is 1. The molecule has 4 heteroatoms. The Bertz CT molecular complexity index is 381. The molecule has 15 heavy (non-hydrogen) atoms. The first-order valence-electron chi connectivity index (χ1n) is 4.94. The Labute approximate surface area is 97.2 Å². The summed E-state index contributed by atoms with van der Waals surface area (Å²) in [6.45, 7) is 0.565. The standard InChI is InChI=1S/C11H13BrN2O/c12-8-3-1-2-7(4-8)9-5-11(15)14-6-10(9)13/h1-4,9-10H,5-6,13H2,(H,14,15). The van der Waals surface area contributed by atoms with Crippen molar-refractivity contribution in [2.45, 2.75) is 18.4 Å². The molecule has 2 atom stereocenters. The van der Waals surface area contributed by atoms with Crippen molar-refractivity contribution < 1.29 is 4.79 Å². The van der Waals surface area contributed by atoms with Crippen molar-refractivity contribution in [1.29, 1.82) is 0 Å². The van der Waals surface area contributed by atoms with Gasteiger partial charge >= 0.3 is 0 Å². The lowest BCUT2D eigenvalue weighted by Gasteiger charge is -2.29. The van der Waals surface area contributed by atoms with Crippen LogP contribution < -0.4 is 11.1 Å². The molecule has 1 aliphatic rings. The predicted octanol–water partition coefficient (Wildman–Crippen LogP) is 1.38. The minimum atomic E-state index is 0.0111. The third-order valence-corrected chi connectivity index (χ3v) is 3.23. The van der Waals surface area contributed by atoms with Gasteiger partial charge < -0.3 is 11.1 Å². The summed E-state index contributed by atoms with van der Waals surface area (Å²) < 4.78 is 1.03. The molecular formula is C11H13BrN2O. The Hall–Kier alpha value is -0.870. The summed E-state index contributed by atoms with van der Waals surface area (Å²) >= 11 is 3.42. The van der Waals surface area contributed by atoms with Crippen LogP contribution in [0.4, 0.5) is 0 Å². The smallest absolute Gasteiger partial charge is 0.220 e. The predicted molar refractivity (Wildman–Crippen MR) is 62.5 cm³/mol. The Morgan fingerprint density at radius 2 is 2.27 bits per heavy atom. The van der Waals surface area contributed by atoms with E-state index in [0.717, 1.165) is 10.0 Å². The van der Waals surface area contributed by atoms with Crippen LogP contribution in [0.15, 0.2) is 28.7 Å². The average molecular weight is 269 g/mol. The highest BCUT2D eigenvalue weighted by molar-refractivity contribution is 9.10. The number of hydrogen-bond acceptors (Lipinski definition) is 2. The number of halogens is 1. The first kappa shape index (κ1) is 10.6. The molecule has 1 aromatic carbocycles. The molecule has 0 aliphatic carbocycles. The maximum absolute atomic E-state index is 11.3. The molecule has 1 aromatic rings. The number of nitrogens with two attached hydrogens (primary N) is 1. The molecule has 1 aliphatic heterocycles. The van der Waals surface area contributed by atoms with Crippen molar-refractivity contribution in [1.82, 2.24) is 5.32 Å². The molecule has 1 amide bonds. The third-order valence-electron chi connectivity index (χ3n) is 2.73. The van der Waals surface area contributed by atoms with Crippen LogP contribution in [-0.2, 0) is 4.79 Å². The molecule has 80 valence electrons. The van der Waals surface area contributed by atoms with Gasteiger partial charge in [-0.05, 0) is 17.7 Å². The van der Waals surface area contributed by atoms with E-state index in [-0.39, 0.29) is 17.9 Å². The van der Waals surface area contributed by atoms with Crippen molar-refractivity contribution in [3.8, 4) is 0 Å². The van der Waals surface area contributed by atoms with E-state index in [1.165, 1.54) is 0 Å². The van der Waals surface area contributed by atoms with Crippen LogP contribution in [0.25, 0.3) is 0 Å². The SMILES string of the molecule is NC1CNC(=O)CC1c1cccc(Br)c1. The largest absolute Gasteiger partial charge is 0.355 e. The zero-order valence-electron chi connectivity index (χ0n) is 8.24. The van der Waals surface area contributed by atoms with Gasteiger partial charge in [0, 0.05) is 29.4 Å². The van der Waals surface area contributed by atoms with Crippen LogP contribution in [-0.4, -0.2) is 18.5 Å². The van der Waals surface area contributed by atoms with Gasteiger partial charge in [-0.2, -0.15) is 0 Å². The van der Waals surface area contributed by atoms with Crippen molar-refractivity contribution in [3.63, 3.8) is 0 Å². The van der Waals surface area contributed by atoms with Crippen LogP contribution >= 0.6 is 15.9 Å². The first-order valence-corrected chi connectivity index (χ1v) is 5.74. The fourth-order valence-electron chi connectivity index (χ4n) is 1.90. The molecule has 1 fully saturated rings. The molecule has 0 saturated carbocycles. The fraction of sp³-hybridized carbons (Fsp3) is 0.364. The van der Waals surface area contributed by atoms with Crippen LogP contribution in [0.2, 0.25) is 0 Å². The van der Waals surface area contributed by atoms with Crippen LogP contribution in [0.5, 0.6) is 0 Å². The Morgan fingerprint density at radius 1 is 1.47 bits per heavy atom. The summed E-state index contributed by atoms with van der Waals surface area (Å²) in [5.74, 6) is 0.220. The van der Waals surface area contributed by atoms with Crippen LogP contribution in [0.1, 0.15) is 17.9 Å². The number of piperidine rings is 1. The number of amides is 1. The highest BCUT2D eigenvalue weighted by atomic mass is 79.9. The second-order valence-electron chi connectivity index (χ2n) is 3.83. The molecular weight excluding hydrogens is 256 g/mol. The van der Waals surface area contributed by atoms with Crippen molar-refractivity contribution in [3.05, 3.63) is 34.3 Å². The summed E-state index contributed by atoms with van der Waals surface area (Å²) in [6.07, 6.45) is 0.484. The number of benzene rings is 1. The molecule has 2 rings (SSSR count). The summed E-state index contributed by atoms with van der Waals surface area (Å²) in [5, 5.41) is 2.77. The van der Waals surface area contributed by atoms with E-state index in [1.54, 1.807) is 0 Å². The molecule has 0 aromatic heterocycles. The number of hydrogen-bond donors (Lipinski definition) is 2. The Kier molecular flexibility index (Phi) is 3.07. The van der Waals surface area contributed by atoms with Crippen LogP contribution in [0.3, 0.4) is 0 Å². The van der Waals surface area contributed by atoms with Crippen molar-refractivity contribution in [2.75, 3.05) is 6.54 Å². The lowest BCUT2D eigenvalue weighted by Crippen LogP contribution is -2.47. The van der Waals surface area contributed by atoms with Gasteiger partial charge in [-0.3, -0.25) is 4.79 Å². The van der Waals surface area contributed by atoms with Gasteiger partial charge in [-0.1, -0.05) is 28.1 Å². The zero-order valence-corrected chi connectivity index (χ0v) is 9.83. The quantitative estimate of drug-likeness (QED) is 0.809. The number of carbonyl (C=O) groups is 1. The van der Waals surface area contributed by atoms with E-state index in [0.29, 0.717) is 13.0 Å². The minimum Gasteiger partial charge on any atom is -0.355 e. The van der Waals surface area contributed by atoms with E-state index in [4.69, 9.17) is 5.73 Å². The molecule has 0 bridgehead atoms. The fourth-order valence-corrected chi connectivity index (χ4v) is 2.32. The van der Waals surface area contributed by atoms with Gasteiger partial charge in [0.05, 0.1) is 0 Å². The van der Waals surface area contributed by atoms with Crippen molar-refractivity contribution >= 4 is 21.8 Å². The third kappa shape index (κ3) is 2.38. The second kappa shape index (κ2) is 4.33. The van der Waals surface area contributed by atoms with Crippen LogP contribution in [0, 0.1) is 0 Å². The van der Waals surface area contributed by atoms with E-state index in [1.807, 2.05) is 24.3 Å². The van der Waals surface area contributed by atoms with Crippen molar-refractivity contribution in [2.24, 2.45) is 5.73 Å². The van der Waals surface area contributed by atoms with Gasteiger partial charge in [-0.25, -0.2) is 0 Å².